The number of carbonyl (C=O) groups is 2. The van der Waals surface area contributed by atoms with Crippen molar-refractivity contribution in [2.24, 2.45) is 0 Å². The monoisotopic (exact) mass is 418 g/mol. The van der Waals surface area contributed by atoms with E-state index in [-0.39, 0.29) is 24.1 Å². The van der Waals surface area contributed by atoms with E-state index in [2.05, 4.69) is 12.2 Å². The van der Waals surface area contributed by atoms with Crippen LogP contribution in [0, 0.1) is 5.82 Å². The SMILES string of the molecule is CCCCNC(=O)[C@@H](CC)N(Cc1ccc(Cl)cc1)C(=O)Cc1ccc(F)cc1. The van der Waals surface area contributed by atoms with E-state index in [1.807, 2.05) is 19.1 Å². The highest BCUT2D eigenvalue weighted by molar-refractivity contribution is 6.30. The number of nitrogens with one attached hydrogen (secondary N) is 1. The Kier molecular flexibility index (Phi) is 9.13. The van der Waals surface area contributed by atoms with Crippen LogP contribution in [-0.2, 0) is 22.6 Å². The third kappa shape index (κ3) is 7.17. The summed E-state index contributed by atoms with van der Waals surface area (Å²) in [5.41, 5.74) is 1.60. The second-order valence-corrected chi connectivity index (χ2v) is 7.46. The topological polar surface area (TPSA) is 49.4 Å². The first kappa shape index (κ1) is 22.9. The van der Waals surface area contributed by atoms with Gasteiger partial charge in [-0.05, 0) is 48.2 Å². The largest absolute Gasteiger partial charge is 0.354 e. The van der Waals surface area contributed by atoms with Gasteiger partial charge in [-0.3, -0.25) is 9.59 Å². The van der Waals surface area contributed by atoms with Crippen molar-refractivity contribution in [3.05, 3.63) is 70.5 Å². The van der Waals surface area contributed by atoms with E-state index in [1.165, 1.54) is 12.1 Å². The van der Waals surface area contributed by atoms with Crippen molar-refractivity contribution in [3.8, 4) is 0 Å². The van der Waals surface area contributed by atoms with Crippen LogP contribution in [0.3, 0.4) is 0 Å². The number of halogens is 2. The highest BCUT2D eigenvalue weighted by Crippen LogP contribution is 2.17. The van der Waals surface area contributed by atoms with Crippen LogP contribution in [0.1, 0.15) is 44.2 Å². The molecule has 0 heterocycles. The summed E-state index contributed by atoms with van der Waals surface area (Å²) in [5, 5.41) is 3.55. The molecule has 2 rings (SSSR count). The van der Waals surface area contributed by atoms with Gasteiger partial charge in [0.25, 0.3) is 0 Å². The molecule has 0 fully saturated rings. The molecule has 6 heteroatoms. The Morgan fingerprint density at radius 3 is 2.24 bits per heavy atom. The lowest BCUT2D eigenvalue weighted by Crippen LogP contribution is -2.49. The Labute approximate surface area is 177 Å². The van der Waals surface area contributed by atoms with Gasteiger partial charge in [0.2, 0.25) is 11.8 Å². The summed E-state index contributed by atoms with van der Waals surface area (Å²) < 4.78 is 13.2. The number of amides is 2. The fourth-order valence-electron chi connectivity index (χ4n) is 3.09. The standard InChI is InChI=1S/C23H28ClFN2O2/c1-3-5-14-26-23(29)21(4-2)27(16-18-6-10-19(24)11-7-18)22(28)15-17-8-12-20(25)13-9-17/h6-13,21H,3-5,14-16H2,1-2H3,(H,26,29)/t21-/m1/s1. The predicted octanol–water partition coefficient (Wildman–Crippen LogP) is 4.75. The molecular formula is C23H28ClFN2O2. The lowest BCUT2D eigenvalue weighted by Gasteiger charge is -2.31. The van der Waals surface area contributed by atoms with Gasteiger partial charge in [0.05, 0.1) is 6.42 Å². The second kappa shape index (κ2) is 11.6. The van der Waals surface area contributed by atoms with Gasteiger partial charge in [-0.15, -0.1) is 0 Å². The molecule has 0 aliphatic carbocycles. The van der Waals surface area contributed by atoms with Crippen molar-refractivity contribution in [2.75, 3.05) is 6.54 Å². The first-order chi connectivity index (χ1) is 13.9. The minimum absolute atomic E-state index is 0.104. The number of nitrogens with zero attached hydrogens (tertiary/aromatic N) is 1. The Hall–Kier alpha value is -2.40. The van der Waals surface area contributed by atoms with Crippen molar-refractivity contribution >= 4 is 23.4 Å². The van der Waals surface area contributed by atoms with Crippen molar-refractivity contribution in [2.45, 2.75) is 52.1 Å². The Balaban J connectivity index is 2.22. The molecule has 29 heavy (non-hydrogen) atoms. The Bertz CT molecular complexity index is 794. The lowest BCUT2D eigenvalue weighted by atomic mass is 10.1. The maximum atomic E-state index is 13.2. The van der Waals surface area contributed by atoms with Gasteiger partial charge in [-0.1, -0.05) is 56.1 Å². The molecule has 0 saturated carbocycles. The molecule has 4 nitrogen and oxygen atoms in total. The third-order valence-corrected chi connectivity index (χ3v) is 5.00. The molecule has 1 N–H and O–H groups in total. The maximum absolute atomic E-state index is 13.2. The quantitative estimate of drug-likeness (QED) is 0.566. The van der Waals surface area contributed by atoms with Crippen LogP contribution in [0.15, 0.2) is 48.5 Å². The fourth-order valence-corrected chi connectivity index (χ4v) is 3.22. The fraction of sp³-hybridized carbons (Fsp3) is 0.391. The van der Waals surface area contributed by atoms with Crippen LogP contribution in [0.25, 0.3) is 0 Å². The summed E-state index contributed by atoms with van der Waals surface area (Å²) in [6.45, 7) is 4.84. The molecule has 0 aliphatic rings. The van der Waals surface area contributed by atoms with Crippen LogP contribution in [0.5, 0.6) is 0 Å². The van der Waals surface area contributed by atoms with Crippen molar-refractivity contribution in [1.29, 1.82) is 0 Å². The molecule has 156 valence electrons. The lowest BCUT2D eigenvalue weighted by molar-refractivity contribution is -0.140. The van der Waals surface area contributed by atoms with E-state index < -0.39 is 6.04 Å². The Morgan fingerprint density at radius 1 is 1.03 bits per heavy atom. The highest BCUT2D eigenvalue weighted by atomic mass is 35.5. The van der Waals surface area contributed by atoms with E-state index in [4.69, 9.17) is 11.6 Å². The molecule has 2 amide bonds. The van der Waals surface area contributed by atoms with Crippen molar-refractivity contribution in [3.63, 3.8) is 0 Å². The van der Waals surface area contributed by atoms with Gasteiger partial charge < -0.3 is 10.2 Å². The molecule has 1 atom stereocenters. The second-order valence-electron chi connectivity index (χ2n) is 7.02. The van der Waals surface area contributed by atoms with Crippen molar-refractivity contribution < 1.29 is 14.0 Å². The van der Waals surface area contributed by atoms with Crippen LogP contribution < -0.4 is 5.32 Å². The van der Waals surface area contributed by atoms with Crippen LogP contribution in [0.4, 0.5) is 4.39 Å². The zero-order chi connectivity index (χ0) is 21.2. The minimum Gasteiger partial charge on any atom is -0.354 e. The third-order valence-electron chi connectivity index (χ3n) is 4.75. The zero-order valence-corrected chi connectivity index (χ0v) is 17.7. The number of hydrogen-bond donors (Lipinski definition) is 1. The molecule has 2 aromatic carbocycles. The minimum atomic E-state index is -0.574. The first-order valence-electron chi connectivity index (χ1n) is 10.0. The first-order valence-corrected chi connectivity index (χ1v) is 10.4. The number of carbonyl (C=O) groups excluding carboxylic acids is 2. The normalized spacial score (nSPS) is 11.7. The van der Waals surface area contributed by atoms with E-state index in [0.29, 0.717) is 30.1 Å². The molecule has 0 bridgehead atoms. The van der Waals surface area contributed by atoms with Gasteiger partial charge in [-0.2, -0.15) is 0 Å². The number of benzene rings is 2. The van der Waals surface area contributed by atoms with Gasteiger partial charge in [0.15, 0.2) is 0 Å². The van der Waals surface area contributed by atoms with Gasteiger partial charge >= 0.3 is 0 Å². The molecule has 2 aromatic rings. The summed E-state index contributed by atoms with van der Waals surface area (Å²) in [6.07, 6.45) is 2.48. The van der Waals surface area contributed by atoms with Gasteiger partial charge in [0.1, 0.15) is 11.9 Å². The highest BCUT2D eigenvalue weighted by Gasteiger charge is 2.28. The summed E-state index contributed by atoms with van der Waals surface area (Å²) in [6, 6.07) is 12.5. The summed E-state index contributed by atoms with van der Waals surface area (Å²) in [4.78, 5) is 27.5. The van der Waals surface area contributed by atoms with Crippen molar-refractivity contribution in [1.82, 2.24) is 10.2 Å². The number of unbranched alkanes of at least 4 members (excludes halogenated alkanes) is 1. The van der Waals surface area contributed by atoms with E-state index >= 15 is 0 Å². The Morgan fingerprint density at radius 2 is 1.66 bits per heavy atom. The van der Waals surface area contributed by atoms with E-state index in [0.717, 1.165) is 18.4 Å². The molecule has 0 aromatic heterocycles. The van der Waals surface area contributed by atoms with Crippen LogP contribution in [-0.4, -0.2) is 29.3 Å². The molecule has 0 unspecified atom stereocenters. The molecule has 0 aliphatic heterocycles. The average Bonchev–Trinajstić information content (AvgIpc) is 2.71. The van der Waals surface area contributed by atoms with E-state index in [1.54, 1.807) is 29.2 Å². The smallest absolute Gasteiger partial charge is 0.242 e. The van der Waals surface area contributed by atoms with Crippen LogP contribution >= 0.6 is 11.6 Å². The van der Waals surface area contributed by atoms with E-state index in [9.17, 15) is 14.0 Å². The molecule has 0 radical (unpaired) electrons. The van der Waals surface area contributed by atoms with Gasteiger partial charge in [-0.25, -0.2) is 4.39 Å². The summed E-state index contributed by atoms with van der Waals surface area (Å²) >= 11 is 5.97. The predicted molar refractivity (Wildman–Crippen MR) is 114 cm³/mol. The summed E-state index contributed by atoms with van der Waals surface area (Å²) in [7, 11) is 0. The zero-order valence-electron chi connectivity index (χ0n) is 17.0. The molecule has 0 spiro atoms. The maximum Gasteiger partial charge on any atom is 0.242 e. The van der Waals surface area contributed by atoms with Crippen LogP contribution in [0.2, 0.25) is 5.02 Å². The summed E-state index contributed by atoms with van der Waals surface area (Å²) in [5.74, 6) is -0.674. The van der Waals surface area contributed by atoms with Gasteiger partial charge in [0, 0.05) is 18.1 Å². The number of hydrogen-bond acceptors (Lipinski definition) is 2. The average molecular weight is 419 g/mol. The molecular weight excluding hydrogens is 391 g/mol. The molecule has 0 saturated heterocycles. The number of rotatable bonds is 10.